The van der Waals surface area contributed by atoms with E-state index in [1.807, 2.05) is 7.05 Å². The largest absolute Gasteiger partial charge is 0.383 e. The van der Waals surface area contributed by atoms with Gasteiger partial charge in [-0.15, -0.1) is 0 Å². The maximum atomic E-state index is 5.50. The normalized spacial score (nSPS) is 32.2. The molecular formula is C9H19NO2. The van der Waals surface area contributed by atoms with Crippen LogP contribution in [-0.2, 0) is 9.47 Å². The summed E-state index contributed by atoms with van der Waals surface area (Å²) < 4.78 is 10.6. The lowest BCUT2D eigenvalue weighted by atomic mass is 9.94. The molecule has 0 bridgehead atoms. The van der Waals surface area contributed by atoms with Gasteiger partial charge >= 0.3 is 0 Å². The predicted octanol–water partition coefficient (Wildman–Crippen LogP) is 0.646. The molecule has 12 heavy (non-hydrogen) atoms. The van der Waals surface area contributed by atoms with E-state index in [-0.39, 0.29) is 0 Å². The van der Waals surface area contributed by atoms with Gasteiger partial charge in [0.2, 0.25) is 0 Å². The van der Waals surface area contributed by atoms with Gasteiger partial charge < -0.3 is 14.8 Å². The fraction of sp³-hybridized carbons (Fsp3) is 1.00. The first-order valence-corrected chi connectivity index (χ1v) is 4.57. The van der Waals surface area contributed by atoms with Crippen molar-refractivity contribution in [3.63, 3.8) is 0 Å². The monoisotopic (exact) mass is 173 g/mol. The Bertz CT molecular complexity index is 130. The zero-order chi connectivity index (χ0) is 8.97. The molecule has 0 aliphatic carbocycles. The Morgan fingerprint density at radius 3 is 2.83 bits per heavy atom. The van der Waals surface area contributed by atoms with E-state index in [0.29, 0.717) is 18.1 Å². The molecule has 1 rings (SSSR count). The highest BCUT2D eigenvalue weighted by Crippen LogP contribution is 2.23. The third-order valence-electron chi connectivity index (χ3n) is 2.67. The number of rotatable bonds is 4. The van der Waals surface area contributed by atoms with Crippen molar-refractivity contribution in [3.8, 4) is 0 Å². The molecular weight excluding hydrogens is 154 g/mol. The molecule has 0 aromatic carbocycles. The fourth-order valence-electron chi connectivity index (χ4n) is 1.88. The molecule has 3 nitrogen and oxygen atoms in total. The van der Waals surface area contributed by atoms with Crippen LogP contribution in [0.5, 0.6) is 0 Å². The maximum Gasteiger partial charge on any atom is 0.0619 e. The maximum absolute atomic E-state index is 5.50. The number of hydrogen-bond donors (Lipinski definition) is 1. The van der Waals surface area contributed by atoms with Crippen molar-refractivity contribution < 1.29 is 9.47 Å². The van der Waals surface area contributed by atoms with E-state index in [1.165, 1.54) is 0 Å². The quantitative estimate of drug-likeness (QED) is 0.677. The topological polar surface area (TPSA) is 30.5 Å². The zero-order valence-corrected chi connectivity index (χ0v) is 8.17. The number of hydrogen-bond acceptors (Lipinski definition) is 3. The van der Waals surface area contributed by atoms with Crippen LogP contribution in [0.3, 0.4) is 0 Å². The first-order valence-electron chi connectivity index (χ1n) is 4.57. The van der Waals surface area contributed by atoms with Crippen molar-refractivity contribution in [1.29, 1.82) is 0 Å². The molecule has 0 aromatic rings. The highest BCUT2D eigenvalue weighted by Gasteiger charge is 2.30. The smallest absolute Gasteiger partial charge is 0.0619 e. The van der Waals surface area contributed by atoms with Gasteiger partial charge in [0.15, 0.2) is 0 Å². The van der Waals surface area contributed by atoms with Crippen molar-refractivity contribution in [3.05, 3.63) is 0 Å². The average Bonchev–Trinajstić information content (AvgIpc) is 2.47. The average molecular weight is 173 g/mol. The second-order valence-corrected chi connectivity index (χ2v) is 3.38. The molecule has 72 valence electrons. The van der Waals surface area contributed by atoms with Gasteiger partial charge in [-0.1, -0.05) is 0 Å². The summed E-state index contributed by atoms with van der Waals surface area (Å²) in [6.45, 7) is 3.81. The summed E-state index contributed by atoms with van der Waals surface area (Å²) in [5, 5.41) is 3.27. The van der Waals surface area contributed by atoms with Crippen LogP contribution in [0.25, 0.3) is 0 Å². The Hall–Kier alpha value is -0.120. The summed E-state index contributed by atoms with van der Waals surface area (Å²) in [7, 11) is 3.72. The van der Waals surface area contributed by atoms with Crippen molar-refractivity contribution in [2.45, 2.75) is 25.5 Å². The Morgan fingerprint density at radius 2 is 2.42 bits per heavy atom. The molecule has 0 aromatic heterocycles. The Balaban J connectivity index is 2.41. The van der Waals surface area contributed by atoms with E-state index in [2.05, 4.69) is 12.2 Å². The van der Waals surface area contributed by atoms with Crippen LogP contribution in [0.15, 0.2) is 0 Å². The number of likely N-dealkylation sites (N-methyl/N-ethyl adjacent to an activating group) is 1. The van der Waals surface area contributed by atoms with Gasteiger partial charge in [-0.2, -0.15) is 0 Å². The highest BCUT2D eigenvalue weighted by molar-refractivity contribution is 4.83. The minimum absolute atomic E-state index is 0.373. The molecule has 1 heterocycles. The SMILES string of the molecule is CNC(COC)C1CCOC1C. The highest BCUT2D eigenvalue weighted by atomic mass is 16.5. The zero-order valence-electron chi connectivity index (χ0n) is 8.17. The Labute approximate surface area is 74.4 Å². The molecule has 1 saturated heterocycles. The summed E-state index contributed by atoms with van der Waals surface area (Å²) in [6.07, 6.45) is 1.52. The van der Waals surface area contributed by atoms with Crippen LogP contribution >= 0.6 is 0 Å². The third-order valence-corrected chi connectivity index (χ3v) is 2.67. The number of methoxy groups -OCH3 is 1. The van der Waals surface area contributed by atoms with E-state index in [0.717, 1.165) is 19.6 Å². The van der Waals surface area contributed by atoms with Crippen LogP contribution in [-0.4, -0.2) is 39.5 Å². The van der Waals surface area contributed by atoms with Crippen molar-refractivity contribution in [1.82, 2.24) is 5.32 Å². The van der Waals surface area contributed by atoms with Gasteiger partial charge in [0.05, 0.1) is 12.7 Å². The van der Waals surface area contributed by atoms with E-state index in [1.54, 1.807) is 7.11 Å². The van der Waals surface area contributed by atoms with Crippen molar-refractivity contribution in [2.75, 3.05) is 27.4 Å². The first kappa shape index (κ1) is 9.96. The summed E-state index contributed by atoms with van der Waals surface area (Å²) in [6, 6.07) is 0.437. The predicted molar refractivity (Wildman–Crippen MR) is 48.2 cm³/mol. The molecule has 1 aliphatic rings. The van der Waals surface area contributed by atoms with Gasteiger partial charge in [-0.3, -0.25) is 0 Å². The van der Waals surface area contributed by atoms with E-state index in [9.17, 15) is 0 Å². The first-order chi connectivity index (χ1) is 5.79. The Morgan fingerprint density at radius 1 is 1.67 bits per heavy atom. The Kier molecular flexibility index (Phi) is 3.98. The van der Waals surface area contributed by atoms with E-state index < -0.39 is 0 Å². The van der Waals surface area contributed by atoms with E-state index in [4.69, 9.17) is 9.47 Å². The lowest BCUT2D eigenvalue weighted by Gasteiger charge is -2.24. The summed E-state index contributed by atoms with van der Waals surface area (Å²) in [5.74, 6) is 0.606. The fourth-order valence-corrected chi connectivity index (χ4v) is 1.88. The summed E-state index contributed by atoms with van der Waals surface area (Å²) in [5.41, 5.74) is 0. The van der Waals surface area contributed by atoms with Gasteiger partial charge in [0.25, 0.3) is 0 Å². The third kappa shape index (κ3) is 2.19. The standard InChI is InChI=1S/C9H19NO2/c1-7-8(4-5-12-7)9(10-2)6-11-3/h7-10H,4-6H2,1-3H3. The molecule has 3 unspecified atom stereocenters. The van der Waals surface area contributed by atoms with Crippen molar-refractivity contribution >= 4 is 0 Å². The van der Waals surface area contributed by atoms with Crippen molar-refractivity contribution in [2.24, 2.45) is 5.92 Å². The minimum Gasteiger partial charge on any atom is -0.383 e. The lowest BCUT2D eigenvalue weighted by Crippen LogP contribution is -2.40. The molecule has 0 amide bonds. The number of ether oxygens (including phenoxy) is 2. The summed E-state index contributed by atoms with van der Waals surface area (Å²) in [4.78, 5) is 0. The molecule has 1 aliphatic heterocycles. The minimum atomic E-state index is 0.373. The van der Waals surface area contributed by atoms with Gasteiger partial charge in [0, 0.05) is 25.7 Å². The second kappa shape index (κ2) is 4.80. The van der Waals surface area contributed by atoms with Gasteiger partial charge in [-0.05, 0) is 20.4 Å². The van der Waals surface area contributed by atoms with Gasteiger partial charge in [-0.25, -0.2) is 0 Å². The van der Waals surface area contributed by atoms with Crippen LogP contribution < -0.4 is 5.32 Å². The molecule has 1 N–H and O–H groups in total. The molecule has 1 fully saturated rings. The summed E-state index contributed by atoms with van der Waals surface area (Å²) >= 11 is 0. The second-order valence-electron chi connectivity index (χ2n) is 3.38. The molecule has 0 radical (unpaired) electrons. The van der Waals surface area contributed by atoms with E-state index >= 15 is 0 Å². The van der Waals surface area contributed by atoms with Crippen LogP contribution in [0.1, 0.15) is 13.3 Å². The molecule has 3 atom stereocenters. The molecule has 0 saturated carbocycles. The van der Waals surface area contributed by atoms with Crippen LogP contribution in [0.2, 0.25) is 0 Å². The molecule has 3 heteroatoms. The number of nitrogens with one attached hydrogen (secondary N) is 1. The van der Waals surface area contributed by atoms with Gasteiger partial charge in [0.1, 0.15) is 0 Å². The van der Waals surface area contributed by atoms with Crippen LogP contribution in [0, 0.1) is 5.92 Å². The molecule has 0 spiro atoms. The lowest BCUT2D eigenvalue weighted by molar-refractivity contribution is 0.0765. The van der Waals surface area contributed by atoms with Crippen LogP contribution in [0.4, 0.5) is 0 Å².